The summed E-state index contributed by atoms with van der Waals surface area (Å²) in [6.45, 7) is 5.86. The lowest BCUT2D eigenvalue weighted by atomic mass is 9.99. The highest BCUT2D eigenvalue weighted by atomic mass is 19.1. The van der Waals surface area contributed by atoms with Crippen LogP contribution in [0.5, 0.6) is 0 Å². The fourth-order valence-electron chi connectivity index (χ4n) is 4.64. The predicted octanol–water partition coefficient (Wildman–Crippen LogP) is 3.65. The topological polar surface area (TPSA) is 76.7 Å². The number of amides is 2. The SMILES string of the molecule is CC1CN(c2cccc(C(=N)N)c2)C(=O)N(C2CCN(Cc3ccccc3F)CC2)C1. The molecule has 2 fully saturated rings. The van der Waals surface area contributed by atoms with Crippen LogP contribution >= 0.6 is 0 Å². The Balaban J connectivity index is 1.42. The molecule has 3 N–H and O–H groups in total. The third kappa shape index (κ3) is 4.71. The van der Waals surface area contributed by atoms with Crippen molar-refractivity contribution >= 4 is 17.6 Å². The summed E-state index contributed by atoms with van der Waals surface area (Å²) in [7, 11) is 0. The van der Waals surface area contributed by atoms with Crippen LogP contribution in [0, 0.1) is 17.1 Å². The van der Waals surface area contributed by atoms with Crippen LogP contribution in [0.1, 0.15) is 30.9 Å². The molecular formula is C24H30FN5O. The highest BCUT2D eigenvalue weighted by molar-refractivity contribution is 5.98. The van der Waals surface area contributed by atoms with Crippen molar-refractivity contribution in [1.82, 2.24) is 9.80 Å². The van der Waals surface area contributed by atoms with Gasteiger partial charge in [0.25, 0.3) is 0 Å². The Morgan fingerprint density at radius 3 is 2.58 bits per heavy atom. The number of hydrogen-bond donors (Lipinski definition) is 2. The van der Waals surface area contributed by atoms with E-state index in [-0.39, 0.29) is 23.7 Å². The number of halogens is 1. The highest BCUT2D eigenvalue weighted by Crippen LogP contribution is 2.28. The Hall–Kier alpha value is -2.93. The number of likely N-dealkylation sites (tertiary alicyclic amines) is 1. The molecule has 2 aromatic carbocycles. The van der Waals surface area contributed by atoms with Gasteiger partial charge in [0.05, 0.1) is 0 Å². The maximum atomic E-state index is 14.0. The van der Waals surface area contributed by atoms with Crippen molar-refractivity contribution < 1.29 is 9.18 Å². The first kappa shape index (κ1) is 21.3. The Morgan fingerprint density at radius 2 is 1.87 bits per heavy atom. The molecule has 2 aliphatic heterocycles. The van der Waals surface area contributed by atoms with Gasteiger partial charge in [0.2, 0.25) is 0 Å². The van der Waals surface area contributed by atoms with Crippen molar-refractivity contribution in [2.75, 3.05) is 31.1 Å². The van der Waals surface area contributed by atoms with E-state index in [4.69, 9.17) is 11.1 Å². The standard InChI is InChI=1S/C24H30FN5O/c1-17-14-29(24(31)30(15-17)21-7-4-6-18(13-21)23(26)27)20-9-11-28(12-10-20)16-19-5-2-3-8-22(19)25/h2-8,13,17,20H,9-12,14-16H2,1H3,(H3,26,27). The van der Waals surface area contributed by atoms with Gasteiger partial charge in [0.15, 0.2) is 0 Å². The van der Waals surface area contributed by atoms with Gasteiger partial charge in [-0.05, 0) is 37.0 Å². The van der Waals surface area contributed by atoms with Gasteiger partial charge >= 0.3 is 6.03 Å². The zero-order chi connectivity index (χ0) is 22.0. The second-order valence-corrected chi connectivity index (χ2v) is 8.71. The van der Waals surface area contributed by atoms with E-state index >= 15 is 0 Å². The van der Waals surface area contributed by atoms with Crippen LogP contribution in [-0.2, 0) is 6.54 Å². The van der Waals surface area contributed by atoms with Crippen molar-refractivity contribution in [3.05, 3.63) is 65.5 Å². The van der Waals surface area contributed by atoms with Crippen molar-refractivity contribution in [3.8, 4) is 0 Å². The number of amidine groups is 1. The number of piperidine rings is 1. The largest absolute Gasteiger partial charge is 0.384 e. The summed E-state index contributed by atoms with van der Waals surface area (Å²) >= 11 is 0. The lowest BCUT2D eigenvalue weighted by Gasteiger charge is -2.45. The molecule has 2 heterocycles. The molecule has 0 saturated carbocycles. The summed E-state index contributed by atoms with van der Waals surface area (Å²) in [6, 6.07) is 14.5. The maximum Gasteiger partial charge on any atom is 0.324 e. The molecule has 31 heavy (non-hydrogen) atoms. The molecule has 0 aromatic heterocycles. The molecule has 2 aromatic rings. The smallest absolute Gasteiger partial charge is 0.324 e. The molecule has 164 valence electrons. The van der Waals surface area contributed by atoms with Crippen LogP contribution < -0.4 is 10.6 Å². The number of benzene rings is 2. The fraction of sp³-hybridized carbons (Fsp3) is 0.417. The van der Waals surface area contributed by atoms with Crippen molar-refractivity contribution in [1.29, 1.82) is 5.41 Å². The van der Waals surface area contributed by atoms with E-state index in [9.17, 15) is 9.18 Å². The molecule has 0 aliphatic carbocycles. The normalized spacial score (nSPS) is 20.8. The first-order chi connectivity index (χ1) is 14.9. The Bertz CT molecular complexity index is 956. The molecule has 7 heteroatoms. The van der Waals surface area contributed by atoms with Gasteiger partial charge in [0.1, 0.15) is 11.7 Å². The molecule has 1 atom stereocenters. The third-order valence-corrected chi connectivity index (χ3v) is 6.30. The molecule has 2 amide bonds. The Morgan fingerprint density at radius 1 is 1.13 bits per heavy atom. The first-order valence-electron chi connectivity index (χ1n) is 10.9. The zero-order valence-electron chi connectivity index (χ0n) is 17.9. The molecule has 6 nitrogen and oxygen atoms in total. The molecule has 2 aliphatic rings. The van der Waals surface area contributed by atoms with Gasteiger partial charge < -0.3 is 10.6 Å². The molecular weight excluding hydrogens is 393 g/mol. The predicted molar refractivity (Wildman–Crippen MR) is 121 cm³/mol. The van der Waals surface area contributed by atoms with Gasteiger partial charge in [0, 0.05) is 55.6 Å². The van der Waals surface area contributed by atoms with E-state index in [0.29, 0.717) is 24.6 Å². The van der Waals surface area contributed by atoms with Gasteiger partial charge in [-0.2, -0.15) is 0 Å². The van der Waals surface area contributed by atoms with Crippen molar-refractivity contribution in [2.45, 2.75) is 32.4 Å². The number of nitrogens with one attached hydrogen (secondary N) is 1. The molecule has 1 unspecified atom stereocenters. The quantitative estimate of drug-likeness (QED) is 0.569. The Labute approximate surface area is 182 Å². The summed E-state index contributed by atoms with van der Waals surface area (Å²) in [5.41, 5.74) is 7.76. The molecule has 0 radical (unpaired) electrons. The number of nitrogens with zero attached hydrogens (tertiary/aromatic N) is 3. The minimum absolute atomic E-state index is 0.00145. The highest BCUT2D eigenvalue weighted by Gasteiger charge is 2.36. The summed E-state index contributed by atoms with van der Waals surface area (Å²) in [5.74, 6) is 0.182. The molecule has 0 spiro atoms. The number of carbonyl (C=O) groups excluding carboxylic acids is 1. The minimum Gasteiger partial charge on any atom is -0.384 e. The van der Waals surface area contributed by atoms with E-state index < -0.39 is 0 Å². The van der Waals surface area contributed by atoms with Crippen LogP contribution in [-0.4, -0.2) is 53.9 Å². The van der Waals surface area contributed by atoms with E-state index in [1.807, 2.05) is 40.1 Å². The lowest BCUT2D eigenvalue weighted by Crippen LogP contribution is -2.58. The van der Waals surface area contributed by atoms with Gasteiger partial charge in [-0.1, -0.05) is 37.3 Å². The van der Waals surface area contributed by atoms with E-state index in [1.54, 1.807) is 12.1 Å². The van der Waals surface area contributed by atoms with E-state index in [2.05, 4.69) is 11.8 Å². The third-order valence-electron chi connectivity index (χ3n) is 6.30. The molecule has 2 saturated heterocycles. The fourth-order valence-corrected chi connectivity index (χ4v) is 4.64. The second kappa shape index (κ2) is 9.06. The first-order valence-corrected chi connectivity index (χ1v) is 10.9. The number of hydrogen-bond acceptors (Lipinski definition) is 3. The zero-order valence-corrected chi connectivity index (χ0v) is 17.9. The van der Waals surface area contributed by atoms with Crippen molar-refractivity contribution in [3.63, 3.8) is 0 Å². The second-order valence-electron chi connectivity index (χ2n) is 8.71. The van der Waals surface area contributed by atoms with Crippen LogP contribution in [0.4, 0.5) is 14.9 Å². The Kier molecular flexibility index (Phi) is 6.23. The van der Waals surface area contributed by atoms with E-state index in [1.165, 1.54) is 6.07 Å². The van der Waals surface area contributed by atoms with E-state index in [0.717, 1.165) is 43.7 Å². The summed E-state index contributed by atoms with van der Waals surface area (Å²) in [6.07, 6.45) is 1.77. The number of urea groups is 1. The molecule has 0 bridgehead atoms. The van der Waals surface area contributed by atoms with Crippen molar-refractivity contribution in [2.24, 2.45) is 11.7 Å². The van der Waals surface area contributed by atoms with Gasteiger partial charge in [-0.15, -0.1) is 0 Å². The van der Waals surface area contributed by atoms with Crippen LogP contribution in [0.25, 0.3) is 0 Å². The average molecular weight is 424 g/mol. The van der Waals surface area contributed by atoms with Crippen LogP contribution in [0.3, 0.4) is 0 Å². The van der Waals surface area contributed by atoms with Gasteiger partial charge in [-0.25, -0.2) is 9.18 Å². The van der Waals surface area contributed by atoms with Crippen LogP contribution in [0.15, 0.2) is 48.5 Å². The minimum atomic E-state index is -0.159. The number of carbonyl (C=O) groups is 1. The van der Waals surface area contributed by atoms with Crippen LogP contribution in [0.2, 0.25) is 0 Å². The number of anilines is 1. The summed E-state index contributed by atoms with van der Waals surface area (Å²) < 4.78 is 14.0. The molecule has 4 rings (SSSR count). The maximum absolute atomic E-state index is 14.0. The number of nitrogen functional groups attached to an aromatic ring is 1. The number of rotatable bonds is 5. The lowest BCUT2D eigenvalue weighted by molar-refractivity contribution is 0.103. The summed E-state index contributed by atoms with van der Waals surface area (Å²) in [4.78, 5) is 19.5. The monoisotopic (exact) mass is 423 g/mol. The average Bonchev–Trinajstić information content (AvgIpc) is 2.77. The van der Waals surface area contributed by atoms with Gasteiger partial charge in [-0.3, -0.25) is 15.2 Å². The number of nitrogens with two attached hydrogens (primary N) is 1. The summed E-state index contributed by atoms with van der Waals surface area (Å²) in [5, 5.41) is 7.68.